The minimum atomic E-state index is -0.0928. The van der Waals surface area contributed by atoms with Crippen molar-refractivity contribution in [1.82, 2.24) is 4.90 Å². The average molecular weight is 690 g/mol. The highest BCUT2D eigenvalue weighted by atomic mass is 16.5. The van der Waals surface area contributed by atoms with E-state index in [1.807, 2.05) is 0 Å². The van der Waals surface area contributed by atoms with Gasteiger partial charge in [0.2, 0.25) is 0 Å². The molecule has 0 spiro atoms. The quantitative estimate of drug-likeness (QED) is 0.0527. The molecule has 0 aromatic rings. The van der Waals surface area contributed by atoms with Crippen LogP contribution in [-0.2, 0) is 19.1 Å². The van der Waals surface area contributed by atoms with Crippen molar-refractivity contribution in [3.05, 3.63) is 23.3 Å². The first kappa shape index (κ1) is 45.4. The van der Waals surface area contributed by atoms with Gasteiger partial charge in [0.05, 0.1) is 13.2 Å². The van der Waals surface area contributed by atoms with Crippen LogP contribution in [0.2, 0.25) is 0 Å². The lowest BCUT2D eigenvalue weighted by atomic mass is 9.89. The third-order valence-electron chi connectivity index (χ3n) is 9.92. The number of aliphatic hydroxyl groups is 1. The van der Waals surface area contributed by atoms with Crippen LogP contribution in [-0.4, -0.2) is 60.9 Å². The van der Waals surface area contributed by atoms with Crippen molar-refractivity contribution in [3.63, 3.8) is 0 Å². The number of unbranched alkanes of at least 4 members (excludes halogenated alkanes) is 18. The van der Waals surface area contributed by atoms with Gasteiger partial charge >= 0.3 is 11.9 Å². The highest BCUT2D eigenvalue weighted by Gasteiger charge is 2.18. The molecule has 6 heteroatoms. The maximum Gasteiger partial charge on any atom is 0.306 e. The molecule has 0 saturated heterocycles. The van der Waals surface area contributed by atoms with E-state index < -0.39 is 0 Å². The molecule has 286 valence electrons. The molecular formula is C43H79NO5. The molecule has 0 bridgehead atoms. The summed E-state index contributed by atoms with van der Waals surface area (Å²) in [4.78, 5) is 26.9. The van der Waals surface area contributed by atoms with Gasteiger partial charge in [-0.05, 0) is 88.1 Å². The van der Waals surface area contributed by atoms with Gasteiger partial charge in [0.1, 0.15) is 6.10 Å². The maximum absolute atomic E-state index is 12.6. The predicted octanol–water partition coefficient (Wildman–Crippen LogP) is 11.6. The summed E-state index contributed by atoms with van der Waals surface area (Å²) in [6.07, 6.45) is 35.6. The molecule has 1 aliphatic rings. The lowest BCUT2D eigenvalue weighted by Crippen LogP contribution is -2.29. The smallest absolute Gasteiger partial charge is 0.306 e. The molecule has 0 aromatic heterocycles. The van der Waals surface area contributed by atoms with E-state index in [2.05, 4.69) is 37.8 Å². The summed E-state index contributed by atoms with van der Waals surface area (Å²) >= 11 is 0. The Kier molecular flexibility index (Phi) is 31.0. The molecule has 1 unspecified atom stereocenters. The third kappa shape index (κ3) is 26.8. The average Bonchev–Trinajstić information content (AvgIpc) is 3.09. The number of carbonyl (C=O) groups excluding carboxylic acids is 2. The standard InChI is InChI=1S/C43H79NO5/c1-4-7-10-11-12-19-26-37-48-42(46)29-22-15-13-17-24-33-44(35-36-45)34-25-18-14-16-23-30-43(47)49-41-32-31-39(27-20-8-5-2)40(38-41)28-21-9-6-3/h31,38,41,45H,4-30,32-37H2,1-3H3. The zero-order valence-electron chi connectivity index (χ0n) is 32.6. The summed E-state index contributed by atoms with van der Waals surface area (Å²) in [5.74, 6) is -0.0857. The Morgan fingerprint density at radius 3 is 1.69 bits per heavy atom. The Morgan fingerprint density at radius 2 is 1.10 bits per heavy atom. The summed E-state index contributed by atoms with van der Waals surface area (Å²) in [5, 5.41) is 9.52. The van der Waals surface area contributed by atoms with Crippen molar-refractivity contribution in [1.29, 1.82) is 0 Å². The van der Waals surface area contributed by atoms with Crippen molar-refractivity contribution in [2.24, 2.45) is 0 Å². The van der Waals surface area contributed by atoms with Gasteiger partial charge in [-0.1, -0.05) is 130 Å². The van der Waals surface area contributed by atoms with Crippen molar-refractivity contribution >= 4 is 11.9 Å². The summed E-state index contributed by atoms with van der Waals surface area (Å²) in [6.45, 7) is 10.3. The van der Waals surface area contributed by atoms with Crippen molar-refractivity contribution in [2.45, 2.75) is 207 Å². The molecule has 0 radical (unpaired) electrons. The van der Waals surface area contributed by atoms with Crippen molar-refractivity contribution in [3.8, 4) is 0 Å². The Morgan fingerprint density at radius 1 is 0.612 bits per heavy atom. The first-order valence-corrected chi connectivity index (χ1v) is 21.1. The van der Waals surface area contributed by atoms with Gasteiger partial charge < -0.3 is 19.5 Å². The highest BCUT2D eigenvalue weighted by molar-refractivity contribution is 5.70. The van der Waals surface area contributed by atoms with E-state index in [-0.39, 0.29) is 24.6 Å². The van der Waals surface area contributed by atoms with Gasteiger partial charge in [0, 0.05) is 25.8 Å². The number of carbonyl (C=O) groups is 2. The van der Waals surface area contributed by atoms with Crippen LogP contribution in [0.25, 0.3) is 0 Å². The Balaban J connectivity index is 2.09. The predicted molar refractivity (Wildman–Crippen MR) is 207 cm³/mol. The molecule has 0 fully saturated rings. The molecule has 49 heavy (non-hydrogen) atoms. The van der Waals surface area contributed by atoms with Crippen LogP contribution in [0.4, 0.5) is 0 Å². The maximum atomic E-state index is 12.6. The number of hydrogen-bond acceptors (Lipinski definition) is 6. The van der Waals surface area contributed by atoms with Crippen LogP contribution >= 0.6 is 0 Å². The molecule has 1 rings (SSSR count). The van der Waals surface area contributed by atoms with E-state index >= 15 is 0 Å². The van der Waals surface area contributed by atoms with Crippen LogP contribution in [0, 0.1) is 0 Å². The second kappa shape index (κ2) is 33.5. The first-order chi connectivity index (χ1) is 24.0. The molecule has 0 aromatic carbocycles. The van der Waals surface area contributed by atoms with E-state index in [0.717, 1.165) is 103 Å². The molecule has 1 aliphatic carbocycles. The zero-order valence-corrected chi connectivity index (χ0v) is 32.6. The Hall–Kier alpha value is -1.66. The molecule has 0 saturated carbocycles. The highest BCUT2D eigenvalue weighted by Crippen LogP contribution is 2.29. The van der Waals surface area contributed by atoms with Gasteiger partial charge in [-0.3, -0.25) is 9.59 Å². The number of nitrogens with zero attached hydrogens (tertiary/aromatic N) is 1. The van der Waals surface area contributed by atoms with Gasteiger partial charge in [0.15, 0.2) is 0 Å². The van der Waals surface area contributed by atoms with Crippen LogP contribution in [0.5, 0.6) is 0 Å². The second-order valence-electron chi connectivity index (χ2n) is 14.5. The van der Waals surface area contributed by atoms with Crippen LogP contribution in [0.3, 0.4) is 0 Å². The fourth-order valence-corrected chi connectivity index (χ4v) is 6.80. The first-order valence-electron chi connectivity index (χ1n) is 21.1. The van der Waals surface area contributed by atoms with Crippen LogP contribution in [0.1, 0.15) is 201 Å². The normalized spacial score (nSPS) is 14.6. The SMILES string of the molecule is CCCCCCCCCOC(=O)CCCCCCCN(CCO)CCCCCCCC(=O)OC1C=C(CCCCC)C(CCCCC)=CC1. The van der Waals surface area contributed by atoms with Crippen LogP contribution < -0.4 is 0 Å². The van der Waals surface area contributed by atoms with Gasteiger partial charge in [-0.25, -0.2) is 0 Å². The van der Waals surface area contributed by atoms with Crippen molar-refractivity contribution < 1.29 is 24.2 Å². The topological polar surface area (TPSA) is 76.1 Å². The lowest BCUT2D eigenvalue weighted by Gasteiger charge is -2.23. The van der Waals surface area contributed by atoms with E-state index in [9.17, 15) is 14.7 Å². The van der Waals surface area contributed by atoms with E-state index in [1.165, 1.54) is 94.6 Å². The number of allylic oxidation sites excluding steroid dienone is 2. The summed E-state index contributed by atoms with van der Waals surface area (Å²) in [7, 11) is 0. The number of hydrogen-bond donors (Lipinski definition) is 1. The largest absolute Gasteiger partial charge is 0.466 e. The van der Waals surface area contributed by atoms with E-state index in [4.69, 9.17) is 9.47 Å². The summed E-state index contributed by atoms with van der Waals surface area (Å²) < 4.78 is 11.3. The van der Waals surface area contributed by atoms with Gasteiger partial charge in [0.25, 0.3) is 0 Å². The minimum absolute atomic E-state index is 0.0346. The zero-order chi connectivity index (χ0) is 35.6. The Labute approximate surface area is 303 Å². The molecule has 0 amide bonds. The van der Waals surface area contributed by atoms with Crippen LogP contribution in [0.15, 0.2) is 23.3 Å². The fraction of sp³-hybridized carbons (Fsp3) is 0.860. The molecule has 0 heterocycles. The molecule has 0 aliphatic heterocycles. The lowest BCUT2D eigenvalue weighted by molar-refractivity contribution is -0.147. The van der Waals surface area contributed by atoms with Crippen molar-refractivity contribution in [2.75, 3.05) is 32.8 Å². The van der Waals surface area contributed by atoms with E-state index in [1.54, 1.807) is 0 Å². The number of rotatable bonds is 35. The Bertz CT molecular complexity index is 853. The number of ether oxygens (including phenoxy) is 2. The molecule has 6 nitrogen and oxygen atoms in total. The summed E-state index contributed by atoms with van der Waals surface area (Å²) in [6, 6.07) is 0. The van der Waals surface area contributed by atoms with Gasteiger partial charge in [-0.2, -0.15) is 0 Å². The number of esters is 2. The molecule has 1 N–H and O–H groups in total. The molecule has 1 atom stereocenters. The summed E-state index contributed by atoms with van der Waals surface area (Å²) in [5.41, 5.74) is 2.92. The third-order valence-corrected chi connectivity index (χ3v) is 9.92. The van der Waals surface area contributed by atoms with Gasteiger partial charge in [-0.15, -0.1) is 0 Å². The second-order valence-corrected chi connectivity index (χ2v) is 14.5. The molecular weight excluding hydrogens is 610 g/mol. The minimum Gasteiger partial charge on any atom is -0.466 e. The van der Waals surface area contributed by atoms with E-state index in [0.29, 0.717) is 19.4 Å². The number of aliphatic hydroxyl groups excluding tert-OH is 1. The monoisotopic (exact) mass is 690 g/mol. The fourth-order valence-electron chi connectivity index (χ4n) is 6.80.